The van der Waals surface area contributed by atoms with Crippen molar-refractivity contribution >= 4 is 22.5 Å². The van der Waals surface area contributed by atoms with E-state index < -0.39 is 5.60 Å². The quantitative estimate of drug-likeness (QED) is 0.325. The second-order valence-corrected chi connectivity index (χ2v) is 9.21. The highest BCUT2D eigenvalue weighted by Gasteiger charge is 2.37. The van der Waals surface area contributed by atoms with E-state index in [1.165, 1.54) is 18.5 Å². The zero-order valence-corrected chi connectivity index (χ0v) is 20.2. The van der Waals surface area contributed by atoms with Gasteiger partial charge in [-0.05, 0) is 84.3 Å². The van der Waals surface area contributed by atoms with E-state index in [0.29, 0.717) is 0 Å². The molecule has 1 saturated heterocycles. The van der Waals surface area contributed by atoms with Crippen molar-refractivity contribution in [1.82, 2.24) is 0 Å². The normalized spacial score (nSPS) is 18.9. The number of benzene rings is 4. The molecule has 0 saturated carbocycles. The van der Waals surface area contributed by atoms with Crippen LogP contribution in [0.4, 0.5) is 5.69 Å². The minimum atomic E-state index is -0.733. The molecule has 4 aromatic rings. The molecule has 0 spiro atoms. The van der Waals surface area contributed by atoms with Crippen LogP contribution in [0.3, 0.4) is 0 Å². The zero-order valence-electron chi connectivity index (χ0n) is 20.2. The van der Waals surface area contributed by atoms with E-state index in [9.17, 15) is 0 Å². The predicted octanol–water partition coefficient (Wildman–Crippen LogP) is 6.81. The summed E-state index contributed by atoms with van der Waals surface area (Å²) in [6.07, 6.45) is 6.91. The molecule has 1 atom stereocenters. The Morgan fingerprint density at radius 1 is 0.743 bits per heavy atom. The number of hydrogen-bond donors (Lipinski definition) is 0. The average molecular weight is 464 g/mol. The van der Waals surface area contributed by atoms with Crippen LogP contribution in [0.5, 0.6) is 17.2 Å². The first-order chi connectivity index (χ1) is 17.2. The van der Waals surface area contributed by atoms with Crippen LogP contribution in [0.25, 0.3) is 16.8 Å². The van der Waals surface area contributed by atoms with Gasteiger partial charge in [0.05, 0.1) is 14.2 Å². The van der Waals surface area contributed by atoms with E-state index in [1.807, 2.05) is 18.2 Å². The number of hydrogen-bond acceptors (Lipinski definition) is 4. The third kappa shape index (κ3) is 3.70. The van der Waals surface area contributed by atoms with E-state index in [4.69, 9.17) is 14.2 Å². The number of fused-ring (bicyclic) bond motifs is 3. The minimum absolute atomic E-state index is 0.733. The first kappa shape index (κ1) is 21.6. The summed E-state index contributed by atoms with van der Waals surface area (Å²) in [5.74, 6) is 2.54. The van der Waals surface area contributed by atoms with Crippen molar-refractivity contribution < 1.29 is 14.2 Å². The Labute approximate surface area is 206 Å². The lowest BCUT2D eigenvalue weighted by atomic mass is 9.83. The van der Waals surface area contributed by atoms with Crippen LogP contribution < -0.4 is 19.1 Å². The van der Waals surface area contributed by atoms with Crippen LogP contribution in [0.1, 0.15) is 29.5 Å². The Balaban J connectivity index is 1.46. The molecule has 4 heteroatoms. The molecule has 0 bridgehead atoms. The van der Waals surface area contributed by atoms with Gasteiger partial charge in [-0.1, -0.05) is 30.3 Å². The van der Waals surface area contributed by atoms with Gasteiger partial charge in [-0.25, -0.2) is 0 Å². The SMILES string of the molecule is COc1ccc(C2(c3ccc(N4CCCC4)cc3)C=Cc3c(ccc4cc(OC)ccc34)O2)cc1. The molecule has 0 amide bonds. The van der Waals surface area contributed by atoms with E-state index >= 15 is 0 Å². The minimum Gasteiger partial charge on any atom is -0.497 e. The maximum atomic E-state index is 6.92. The molecule has 2 aliphatic heterocycles. The van der Waals surface area contributed by atoms with Crippen molar-refractivity contribution in [3.05, 3.63) is 102 Å². The summed E-state index contributed by atoms with van der Waals surface area (Å²) >= 11 is 0. The van der Waals surface area contributed by atoms with Crippen molar-refractivity contribution in [1.29, 1.82) is 0 Å². The molecule has 2 heterocycles. The Kier molecular flexibility index (Phi) is 5.37. The van der Waals surface area contributed by atoms with Crippen molar-refractivity contribution in [2.45, 2.75) is 18.4 Å². The lowest BCUT2D eigenvalue weighted by molar-refractivity contribution is 0.161. The largest absolute Gasteiger partial charge is 0.497 e. The molecule has 4 nitrogen and oxygen atoms in total. The summed E-state index contributed by atoms with van der Waals surface area (Å²) in [6, 6.07) is 27.4. The number of rotatable bonds is 5. The van der Waals surface area contributed by atoms with Crippen LogP contribution in [-0.2, 0) is 5.60 Å². The standard InChI is InChI=1S/C31H29NO3/c1-33-26-12-8-24(9-13-26)31(23-6-10-25(11-7-23)32-19-3-4-20-32)18-17-29-28-15-14-27(34-2)21-22(28)5-16-30(29)35-31/h5-18,21H,3-4,19-20H2,1-2H3. The molecule has 1 unspecified atom stereocenters. The Bertz CT molecular complexity index is 1390. The number of methoxy groups -OCH3 is 2. The summed E-state index contributed by atoms with van der Waals surface area (Å²) in [7, 11) is 3.38. The van der Waals surface area contributed by atoms with Gasteiger partial charge >= 0.3 is 0 Å². The van der Waals surface area contributed by atoms with Crippen molar-refractivity contribution in [3.63, 3.8) is 0 Å². The summed E-state index contributed by atoms with van der Waals surface area (Å²) in [5.41, 5.74) is 3.79. The van der Waals surface area contributed by atoms with Crippen LogP contribution in [-0.4, -0.2) is 27.3 Å². The van der Waals surface area contributed by atoms with Crippen LogP contribution in [0, 0.1) is 0 Å². The molecule has 176 valence electrons. The fraction of sp³-hybridized carbons (Fsp3) is 0.226. The highest BCUT2D eigenvalue weighted by molar-refractivity contribution is 5.94. The molecular weight excluding hydrogens is 434 g/mol. The average Bonchev–Trinajstić information content (AvgIpc) is 3.47. The zero-order chi connectivity index (χ0) is 23.8. The Morgan fingerprint density at radius 3 is 2.09 bits per heavy atom. The molecule has 0 radical (unpaired) electrons. The van der Waals surface area contributed by atoms with Crippen molar-refractivity contribution in [2.75, 3.05) is 32.2 Å². The fourth-order valence-electron chi connectivity index (χ4n) is 5.32. The third-order valence-corrected chi connectivity index (χ3v) is 7.27. The molecule has 6 rings (SSSR count). The van der Waals surface area contributed by atoms with E-state index in [0.717, 1.165) is 57.8 Å². The summed E-state index contributed by atoms with van der Waals surface area (Å²) < 4.78 is 17.8. The van der Waals surface area contributed by atoms with Crippen LogP contribution in [0.2, 0.25) is 0 Å². The van der Waals surface area contributed by atoms with Gasteiger partial charge in [0.15, 0.2) is 5.60 Å². The fourth-order valence-corrected chi connectivity index (χ4v) is 5.32. The van der Waals surface area contributed by atoms with Crippen LogP contribution >= 0.6 is 0 Å². The van der Waals surface area contributed by atoms with Crippen LogP contribution in [0.15, 0.2) is 84.9 Å². The highest BCUT2D eigenvalue weighted by Crippen LogP contribution is 2.45. The molecule has 0 aromatic heterocycles. The van der Waals surface area contributed by atoms with E-state index in [-0.39, 0.29) is 0 Å². The Morgan fingerprint density at radius 2 is 1.40 bits per heavy atom. The summed E-state index contributed by atoms with van der Waals surface area (Å²) in [4.78, 5) is 2.46. The molecule has 35 heavy (non-hydrogen) atoms. The molecule has 0 aliphatic carbocycles. The maximum absolute atomic E-state index is 6.92. The predicted molar refractivity (Wildman–Crippen MR) is 142 cm³/mol. The second-order valence-electron chi connectivity index (χ2n) is 9.21. The molecule has 0 N–H and O–H groups in total. The smallest absolute Gasteiger partial charge is 0.178 e. The first-order valence-electron chi connectivity index (χ1n) is 12.2. The first-order valence-corrected chi connectivity index (χ1v) is 12.2. The Hall–Kier alpha value is -3.92. The van der Waals surface area contributed by atoms with Gasteiger partial charge in [0.25, 0.3) is 0 Å². The third-order valence-electron chi connectivity index (χ3n) is 7.27. The van der Waals surface area contributed by atoms with Crippen molar-refractivity contribution in [2.24, 2.45) is 0 Å². The summed E-state index contributed by atoms with van der Waals surface area (Å²) in [5, 5.41) is 2.27. The summed E-state index contributed by atoms with van der Waals surface area (Å²) in [6.45, 7) is 2.26. The number of ether oxygens (including phenoxy) is 3. The van der Waals surface area contributed by atoms with Gasteiger partial charge in [-0.15, -0.1) is 0 Å². The van der Waals surface area contributed by atoms with E-state index in [2.05, 4.69) is 77.7 Å². The van der Waals surface area contributed by atoms with Crippen molar-refractivity contribution in [3.8, 4) is 17.2 Å². The molecular formula is C31H29NO3. The lowest BCUT2D eigenvalue weighted by Crippen LogP contribution is -2.34. The molecule has 1 fully saturated rings. The monoisotopic (exact) mass is 463 g/mol. The van der Waals surface area contributed by atoms with Gasteiger partial charge in [0.1, 0.15) is 17.2 Å². The maximum Gasteiger partial charge on any atom is 0.178 e. The van der Waals surface area contributed by atoms with E-state index in [1.54, 1.807) is 14.2 Å². The van der Waals surface area contributed by atoms with Gasteiger partial charge in [-0.3, -0.25) is 0 Å². The number of anilines is 1. The lowest BCUT2D eigenvalue weighted by Gasteiger charge is -2.36. The van der Waals surface area contributed by atoms with Gasteiger partial charge in [0, 0.05) is 35.5 Å². The topological polar surface area (TPSA) is 30.9 Å². The molecule has 4 aromatic carbocycles. The number of nitrogens with zero attached hydrogens (tertiary/aromatic N) is 1. The van der Waals surface area contributed by atoms with Gasteiger partial charge < -0.3 is 19.1 Å². The van der Waals surface area contributed by atoms with Gasteiger partial charge in [0.2, 0.25) is 0 Å². The highest BCUT2D eigenvalue weighted by atomic mass is 16.5. The second kappa shape index (κ2) is 8.70. The van der Waals surface area contributed by atoms with Gasteiger partial charge in [-0.2, -0.15) is 0 Å². The molecule has 2 aliphatic rings.